The van der Waals surface area contributed by atoms with Gasteiger partial charge in [0.1, 0.15) is 23.9 Å². The third-order valence-corrected chi connectivity index (χ3v) is 11.4. The number of aliphatic hydroxyl groups is 3. The lowest BCUT2D eigenvalue weighted by Crippen LogP contribution is -2.63. The molecule has 0 bridgehead atoms. The highest BCUT2D eigenvalue weighted by Crippen LogP contribution is 2.69. The van der Waals surface area contributed by atoms with Gasteiger partial charge in [-0.25, -0.2) is 0 Å². The van der Waals surface area contributed by atoms with E-state index in [1.165, 1.54) is 20.8 Å². The van der Waals surface area contributed by atoms with Gasteiger partial charge in [0.15, 0.2) is 5.78 Å². The van der Waals surface area contributed by atoms with E-state index >= 15 is 0 Å². The SMILES string of the molecule is CC(=O)O[C@H]1C[C@]2(C)C3CC[C@]4(C)C([C@](C)(O)[C@@H](CCC(C)(C)O)OC(C)=O)CC[C@@]4(O)C3=CC(=O)[C@@H]2C[C@H]1OC(C)=O. The maximum absolute atomic E-state index is 13.8. The molecular weight excluding hydrogens is 556 g/mol. The van der Waals surface area contributed by atoms with Crippen LogP contribution in [0, 0.1) is 28.6 Å². The van der Waals surface area contributed by atoms with Crippen LogP contribution in [0.25, 0.3) is 0 Å². The van der Waals surface area contributed by atoms with Crippen LogP contribution in [0.4, 0.5) is 0 Å². The first kappa shape index (κ1) is 33.6. The van der Waals surface area contributed by atoms with Crippen molar-refractivity contribution < 1.29 is 48.7 Å². The summed E-state index contributed by atoms with van der Waals surface area (Å²) in [4.78, 5) is 49.7. The van der Waals surface area contributed by atoms with Crippen LogP contribution in [0.5, 0.6) is 0 Å². The summed E-state index contributed by atoms with van der Waals surface area (Å²) in [5, 5.41) is 35.0. The Morgan fingerprint density at radius 2 is 1.56 bits per heavy atom. The smallest absolute Gasteiger partial charge is 0.303 e. The van der Waals surface area contributed by atoms with Gasteiger partial charge in [0, 0.05) is 32.1 Å². The van der Waals surface area contributed by atoms with Crippen LogP contribution in [-0.4, -0.2) is 74.1 Å². The zero-order valence-electron chi connectivity index (χ0n) is 26.9. The van der Waals surface area contributed by atoms with Crippen molar-refractivity contribution in [3.8, 4) is 0 Å². The predicted octanol–water partition coefficient (Wildman–Crippen LogP) is 3.57. The van der Waals surface area contributed by atoms with Gasteiger partial charge in [-0.3, -0.25) is 19.2 Å². The quantitative estimate of drug-likeness (QED) is 0.276. The molecule has 2 unspecified atom stereocenters. The first-order valence-corrected chi connectivity index (χ1v) is 15.6. The normalized spacial score (nSPS) is 39.3. The fourth-order valence-electron chi connectivity index (χ4n) is 9.32. The van der Waals surface area contributed by atoms with Crippen LogP contribution in [0.15, 0.2) is 11.6 Å². The van der Waals surface area contributed by atoms with E-state index in [2.05, 4.69) is 0 Å². The minimum absolute atomic E-state index is 0.150. The molecule has 3 saturated carbocycles. The maximum atomic E-state index is 13.8. The van der Waals surface area contributed by atoms with Crippen molar-refractivity contribution in [2.24, 2.45) is 28.6 Å². The lowest BCUT2D eigenvalue weighted by Gasteiger charge is -2.61. The number of ketones is 1. The summed E-state index contributed by atoms with van der Waals surface area (Å²) < 4.78 is 16.8. The molecule has 0 saturated heterocycles. The molecule has 4 rings (SSSR count). The van der Waals surface area contributed by atoms with Gasteiger partial charge in [-0.15, -0.1) is 0 Å². The lowest BCUT2D eigenvalue weighted by molar-refractivity contribution is -0.196. The van der Waals surface area contributed by atoms with Crippen molar-refractivity contribution >= 4 is 23.7 Å². The van der Waals surface area contributed by atoms with Crippen LogP contribution in [0.1, 0.15) is 107 Å². The van der Waals surface area contributed by atoms with Crippen LogP contribution < -0.4 is 0 Å². The summed E-state index contributed by atoms with van der Waals surface area (Å²) in [5.41, 5.74) is -4.77. The average molecular weight is 607 g/mol. The zero-order valence-corrected chi connectivity index (χ0v) is 26.9. The molecule has 0 aromatic heterocycles. The number of allylic oxidation sites excluding steroid dienone is 1. The molecule has 0 aliphatic heterocycles. The Kier molecular flexibility index (Phi) is 8.79. The molecule has 0 amide bonds. The molecule has 10 atom stereocenters. The number of fused-ring (bicyclic) bond motifs is 5. The van der Waals surface area contributed by atoms with Crippen LogP contribution in [0.3, 0.4) is 0 Å². The van der Waals surface area contributed by atoms with Gasteiger partial charge in [0.05, 0.1) is 11.2 Å². The summed E-state index contributed by atoms with van der Waals surface area (Å²) >= 11 is 0. The zero-order chi connectivity index (χ0) is 32.3. The van der Waals surface area contributed by atoms with E-state index in [9.17, 15) is 34.5 Å². The van der Waals surface area contributed by atoms with Crippen LogP contribution >= 0.6 is 0 Å². The minimum Gasteiger partial charge on any atom is -0.459 e. The molecule has 0 aromatic carbocycles. The second kappa shape index (κ2) is 11.2. The van der Waals surface area contributed by atoms with Gasteiger partial charge in [0.25, 0.3) is 0 Å². The highest BCUT2D eigenvalue weighted by atomic mass is 16.6. The van der Waals surface area contributed by atoms with Crippen LogP contribution in [-0.2, 0) is 33.4 Å². The topological polar surface area (TPSA) is 157 Å². The number of hydrogen-bond donors (Lipinski definition) is 3. The molecule has 10 heteroatoms. The number of carbonyl (C=O) groups excluding carboxylic acids is 4. The molecule has 43 heavy (non-hydrogen) atoms. The average Bonchev–Trinajstić information content (AvgIpc) is 3.13. The largest absolute Gasteiger partial charge is 0.459 e. The Bertz CT molecular complexity index is 1180. The second-order valence-corrected chi connectivity index (χ2v) is 14.9. The first-order chi connectivity index (χ1) is 19.7. The Hall–Kier alpha value is -2.30. The summed E-state index contributed by atoms with van der Waals surface area (Å²) in [6, 6.07) is 0. The van der Waals surface area contributed by atoms with Crippen molar-refractivity contribution in [1.82, 2.24) is 0 Å². The van der Waals surface area contributed by atoms with E-state index in [0.29, 0.717) is 44.1 Å². The summed E-state index contributed by atoms with van der Waals surface area (Å²) in [7, 11) is 0. The number of carbonyl (C=O) groups is 4. The van der Waals surface area contributed by atoms with Crippen molar-refractivity contribution in [2.45, 2.75) is 142 Å². The summed E-state index contributed by atoms with van der Waals surface area (Å²) in [6.07, 6.45) is 2.26. The van der Waals surface area contributed by atoms with E-state index in [-0.39, 0.29) is 24.5 Å². The monoisotopic (exact) mass is 606 g/mol. The van der Waals surface area contributed by atoms with E-state index < -0.39 is 75.7 Å². The molecule has 3 fully saturated rings. The highest BCUT2D eigenvalue weighted by molar-refractivity contribution is 5.95. The van der Waals surface area contributed by atoms with Crippen molar-refractivity contribution in [1.29, 1.82) is 0 Å². The number of esters is 3. The van der Waals surface area contributed by atoms with E-state index in [1.807, 2.05) is 13.8 Å². The predicted molar refractivity (Wildman–Crippen MR) is 155 cm³/mol. The van der Waals surface area contributed by atoms with Gasteiger partial charge in [-0.2, -0.15) is 0 Å². The van der Waals surface area contributed by atoms with E-state index in [0.717, 1.165) is 0 Å². The molecule has 4 aliphatic carbocycles. The Morgan fingerprint density at radius 1 is 0.953 bits per heavy atom. The van der Waals surface area contributed by atoms with Gasteiger partial charge in [0.2, 0.25) is 0 Å². The van der Waals surface area contributed by atoms with Gasteiger partial charge >= 0.3 is 17.9 Å². The standard InChI is InChI=1S/C33H50O10/c1-18(34)41-25-16-23-24(37)15-22-21(30(23,6)17-26(25)42-19(2)35)9-13-31(7)27(10-14-33(22,31)40)32(8,39)28(43-20(3)36)11-12-29(4,5)38/h15,21,23,25-28,38-40H,9-14,16-17H2,1-8H3/t21?,23-,25+,26-,27?,28+,30+,31+,32-,33+/m0/s1. The fraction of sp³-hybridized carbons (Fsp3) is 0.818. The van der Waals surface area contributed by atoms with Crippen molar-refractivity contribution in [2.75, 3.05) is 0 Å². The maximum Gasteiger partial charge on any atom is 0.303 e. The van der Waals surface area contributed by atoms with Crippen LogP contribution in [0.2, 0.25) is 0 Å². The van der Waals surface area contributed by atoms with Crippen molar-refractivity contribution in [3.05, 3.63) is 11.6 Å². The van der Waals surface area contributed by atoms with Gasteiger partial charge in [-0.1, -0.05) is 13.8 Å². The third-order valence-electron chi connectivity index (χ3n) is 11.4. The van der Waals surface area contributed by atoms with Gasteiger partial charge < -0.3 is 29.5 Å². The second-order valence-electron chi connectivity index (χ2n) is 14.9. The minimum atomic E-state index is -1.52. The Labute approximate surface area is 254 Å². The number of rotatable bonds is 8. The highest BCUT2D eigenvalue weighted by Gasteiger charge is 2.69. The lowest BCUT2D eigenvalue weighted by atomic mass is 9.45. The van der Waals surface area contributed by atoms with Gasteiger partial charge in [-0.05, 0) is 101 Å². The third kappa shape index (κ3) is 5.91. The molecule has 4 aliphatic rings. The molecule has 0 radical (unpaired) electrons. The Morgan fingerprint density at radius 3 is 2.12 bits per heavy atom. The fourth-order valence-corrected chi connectivity index (χ4v) is 9.32. The first-order valence-electron chi connectivity index (χ1n) is 15.6. The number of hydrogen-bond acceptors (Lipinski definition) is 10. The molecule has 0 heterocycles. The molecule has 0 aromatic rings. The molecule has 242 valence electrons. The molecule has 3 N–H and O–H groups in total. The van der Waals surface area contributed by atoms with E-state index in [1.54, 1.807) is 26.8 Å². The van der Waals surface area contributed by atoms with E-state index in [4.69, 9.17) is 14.2 Å². The van der Waals surface area contributed by atoms with Crippen molar-refractivity contribution in [3.63, 3.8) is 0 Å². The number of ether oxygens (including phenoxy) is 3. The molecule has 10 nitrogen and oxygen atoms in total. The summed E-state index contributed by atoms with van der Waals surface area (Å²) in [6.45, 7) is 12.8. The molecule has 0 spiro atoms. The Balaban J connectivity index is 1.69. The summed E-state index contributed by atoms with van der Waals surface area (Å²) in [5.74, 6) is -2.81. The molecular formula is C33H50O10.